The number of hydrogen-bond acceptors (Lipinski definition) is 8. The number of rotatable bonds is 13. The maximum absolute atomic E-state index is 13.3. The molecule has 222 valence electrons. The van der Waals surface area contributed by atoms with Crippen molar-refractivity contribution in [3.8, 4) is 11.5 Å². The van der Waals surface area contributed by atoms with Crippen molar-refractivity contribution < 1.29 is 33.7 Å². The first-order chi connectivity index (χ1) is 19.7. The first-order valence-electron chi connectivity index (χ1n) is 13.9. The third kappa shape index (κ3) is 9.60. The normalized spacial score (nSPS) is 19.6. The molecule has 0 radical (unpaired) electrons. The van der Waals surface area contributed by atoms with E-state index in [2.05, 4.69) is 10.3 Å². The van der Waals surface area contributed by atoms with Gasteiger partial charge in [-0.2, -0.15) is 0 Å². The molecule has 4 unspecified atom stereocenters. The Hall–Kier alpha value is -3.92. The van der Waals surface area contributed by atoms with E-state index in [0.29, 0.717) is 55.6 Å². The van der Waals surface area contributed by atoms with Gasteiger partial charge in [0.05, 0.1) is 39.8 Å². The molecule has 1 aliphatic rings. The van der Waals surface area contributed by atoms with Gasteiger partial charge in [-0.25, -0.2) is 4.99 Å². The van der Waals surface area contributed by atoms with Crippen LogP contribution in [0.25, 0.3) is 0 Å². The van der Waals surface area contributed by atoms with E-state index >= 15 is 0 Å². The van der Waals surface area contributed by atoms with Gasteiger partial charge >= 0.3 is 5.97 Å². The van der Waals surface area contributed by atoms with Crippen molar-refractivity contribution >= 4 is 23.6 Å². The number of carbonyl (C=O) groups is 3. The highest BCUT2D eigenvalue weighted by atomic mass is 16.5. The van der Waals surface area contributed by atoms with Crippen molar-refractivity contribution in [1.82, 2.24) is 5.32 Å². The summed E-state index contributed by atoms with van der Waals surface area (Å²) in [5, 5.41) is 13.1. The van der Waals surface area contributed by atoms with Gasteiger partial charge in [-0.3, -0.25) is 19.7 Å². The molecule has 0 saturated heterocycles. The predicted molar refractivity (Wildman–Crippen MR) is 155 cm³/mol. The molecule has 3 rings (SSSR count). The van der Waals surface area contributed by atoms with Crippen molar-refractivity contribution in [3.63, 3.8) is 0 Å². The van der Waals surface area contributed by atoms with Gasteiger partial charge in [-0.05, 0) is 61.3 Å². The molecule has 1 aliphatic carbocycles. The van der Waals surface area contributed by atoms with Gasteiger partial charge in [0.15, 0.2) is 23.2 Å². The highest BCUT2D eigenvalue weighted by Gasteiger charge is 2.33. The number of aliphatic imine (C=N–C) groups is 1. The molecule has 0 heterocycles. The summed E-state index contributed by atoms with van der Waals surface area (Å²) >= 11 is 0. The number of nitrogens with zero attached hydrogens (tertiary/aromatic N) is 1. The van der Waals surface area contributed by atoms with E-state index in [0.717, 1.165) is 5.56 Å². The van der Waals surface area contributed by atoms with Crippen LogP contribution in [0, 0.1) is 11.8 Å². The van der Waals surface area contributed by atoms with Crippen LogP contribution in [-0.4, -0.2) is 62.2 Å². The zero-order chi connectivity index (χ0) is 29.8. The van der Waals surface area contributed by atoms with E-state index < -0.39 is 12.1 Å². The van der Waals surface area contributed by atoms with Gasteiger partial charge in [0.2, 0.25) is 5.91 Å². The molecular formula is C31H41N3O7. The number of amides is 1. The molecule has 1 amide bonds. The summed E-state index contributed by atoms with van der Waals surface area (Å²) in [4.78, 5) is 42.1. The summed E-state index contributed by atoms with van der Waals surface area (Å²) in [5.41, 5.74) is 7.71. The summed E-state index contributed by atoms with van der Waals surface area (Å²) in [6.07, 6.45) is 3.05. The Balaban J connectivity index is 1.60. The fourth-order valence-electron chi connectivity index (χ4n) is 5.26. The highest BCUT2D eigenvalue weighted by Crippen LogP contribution is 2.33. The van der Waals surface area contributed by atoms with Crippen molar-refractivity contribution in [2.75, 3.05) is 21.3 Å². The third-order valence-electron chi connectivity index (χ3n) is 7.51. The molecule has 0 spiro atoms. The fraction of sp³-hybridized carbons (Fsp3) is 0.484. The molecule has 10 nitrogen and oxygen atoms in total. The second-order valence-corrected chi connectivity index (χ2v) is 10.4. The molecule has 1 saturated carbocycles. The second-order valence-electron chi connectivity index (χ2n) is 10.4. The number of benzene rings is 2. The van der Waals surface area contributed by atoms with Gasteiger partial charge < -0.3 is 25.1 Å². The minimum Gasteiger partial charge on any atom is -0.493 e. The maximum Gasteiger partial charge on any atom is 0.308 e. The number of hydrogen-bond donors (Lipinski definition) is 3. The van der Waals surface area contributed by atoms with Gasteiger partial charge in [-0.1, -0.05) is 36.4 Å². The number of carbonyl (C=O) groups excluding carboxylic acids is 3. The van der Waals surface area contributed by atoms with Crippen molar-refractivity contribution in [3.05, 3.63) is 59.7 Å². The molecular weight excluding hydrogens is 526 g/mol. The van der Waals surface area contributed by atoms with Crippen molar-refractivity contribution in [2.45, 2.75) is 63.5 Å². The van der Waals surface area contributed by atoms with E-state index in [1.54, 1.807) is 18.2 Å². The van der Waals surface area contributed by atoms with Crippen LogP contribution >= 0.6 is 0 Å². The van der Waals surface area contributed by atoms with E-state index in [4.69, 9.17) is 19.9 Å². The Bertz CT molecular complexity index is 1200. The van der Waals surface area contributed by atoms with Crippen LogP contribution in [0.3, 0.4) is 0 Å². The number of aliphatic hydroxyl groups is 1. The van der Waals surface area contributed by atoms with Gasteiger partial charge in [0.1, 0.15) is 6.04 Å². The van der Waals surface area contributed by atoms with Crippen LogP contribution in [0.1, 0.15) is 49.7 Å². The molecule has 2 aromatic carbocycles. The first kappa shape index (κ1) is 31.6. The lowest BCUT2D eigenvalue weighted by atomic mass is 9.77. The Morgan fingerprint density at radius 2 is 1.76 bits per heavy atom. The molecule has 1 fully saturated rings. The SMILES string of the molecule is COC(=O)C1CCC(CCCC(=O)C(Cc2ccccc2)N=C(N)NC(=O)Cc2ccc(OC)c(OC)c2)C(O)C1. The number of nitrogens with two attached hydrogens (primary N) is 1. The Kier molecular flexibility index (Phi) is 12.1. The topological polar surface area (TPSA) is 150 Å². The average Bonchev–Trinajstić information content (AvgIpc) is 2.97. The van der Waals surface area contributed by atoms with Gasteiger partial charge in [0.25, 0.3) is 0 Å². The van der Waals surface area contributed by atoms with Crippen LogP contribution in [0.5, 0.6) is 11.5 Å². The zero-order valence-electron chi connectivity index (χ0n) is 24.0. The molecule has 0 aliphatic heterocycles. The largest absolute Gasteiger partial charge is 0.493 e. The number of aliphatic hydroxyl groups excluding tert-OH is 1. The summed E-state index contributed by atoms with van der Waals surface area (Å²) in [5.74, 6) is -0.0536. The molecule has 4 atom stereocenters. The molecule has 2 aromatic rings. The first-order valence-corrected chi connectivity index (χ1v) is 13.9. The van der Waals surface area contributed by atoms with E-state index in [1.165, 1.54) is 21.3 Å². The number of Topliss-reactive ketones (excluding diaryl/α,β-unsaturated/α-hetero) is 1. The van der Waals surface area contributed by atoms with Crippen LogP contribution < -0.4 is 20.5 Å². The molecule has 41 heavy (non-hydrogen) atoms. The number of guanidine groups is 1. The van der Waals surface area contributed by atoms with Crippen molar-refractivity contribution in [2.24, 2.45) is 22.6 Å². The number of esters is 1. The lowest BCUT2D eigenvalue weighted by Gasteiger charge is -2.31. The van der Waals surface area contributed by atoms with Crippen LogP contribution in [-0.2, 0) is 32.0 Å². The van der Waals surface area contributed by atoms with Crippen molar-refractivity contribution in [1.29, 1.82) is 0 Å². The Labute approximate surface area is 241 Å². The van der Waals surface area contributed by atoms with E-state index in [-0.39, 0.29) is 48.3 Å². The Morgan fingerprint density at radius 3 is 2.41 bits per heavy atom. The number of ether oxygens (including phenoxy) is 3. The summed E-state index contributed by atoms with van der Waals surface area (Å²) in [7, 11) is 4.42. The monoisotopic (exact) mass is 567 g/mol. The van der Waals surface area contributed by atoms with Crippen LogP contribution in [0.4, 0.5) is 0 Å². The standard InChI is InChI=1S/C31H41N3O7/c1-39-27-15-12-21(17-28(27)40-2)18-29(37)34-31(32)33-24(16-20-8-5-4-6-9-20)25(35)11-7-10-22-13-14-23(19-26(22)36)30(38)41-3/h4-6,8-9,12,15,17,22-24,26,36H,7,10-11,13-14,16,18-19H2,1-3H3,(H3,32,33,34,37). The second kappa shape index (κ2) is 15.8. The molecule has 10 heteroatoms. The summed E-state index contributed by atoms with van der Waals surface area (Å²) < 4.78 is 15.3. The lowest BCUT2D eigenvalue weighted by Crippen LogP contribution is -2.40. The smallest absolute Gasteiger partial charge is 0.308 e. The third-order valence-corrected chi connectivity index (χ3v) is 7.51. The minimum absolute atomic E-state index is 0.0284. The number of nitrogens with one attached hydrogen (secondary N) is 1. The summed E-state index contributed by atoms with van der Waals surface area (Å²) in [6.45, 7) is 0. The minimum atomic E-state index is -0.765. The number of ketones is 1. The van der Waals surface area contributed by atoms with Crippen LogP contribution in [0.2, 0.25) is 0 Å². The van der Waals surface area contributed by atoms with Gasteiger partial charge in [0, 0.05) is 12.8 Å². The lowest BCUT2D eigenvalue weighted by molar-refractivity contribution is -0.148. The quantitative estimate of drug-likeness (QED) is 0.190. The zero-order valence-corrected chi connectivity index (χ0v) is 24.0. The van der Waals surface area contributed by atoms with Crippen LogP contribution in [0.15, 0.2) is 53.5 Å². The summed E-state index contributed by atoms with van der Waals surface area (Å²) in [6, 6.07) is 13.9. The van der Waals surface area contributed by atoms with E-state index in [9.17, 15) is 19.5 Å². The average molecular weight is 568 g/mol. The highest BCUT2D eigenvalue weighted by molar-refractivity contribution is 5.98. The Morgan fingerprint density at radius 1 is 1.02 bits per heavy atom. The maximum atomic E-state index is 13.3. The van der Waals surface area contributed by atoms with Gasteiger partial charge in [-0.15, -0.1) is 0 Å². The molecule has 0 bridgehead atoms. The molecule has 4 N–H and O–H groups in total. The fourth-order valence-corrected chi connectivity index (χ4v) is 5.26. The number of methoxy groups -OCH3 is 3. The van der Waals surface area contributed by atoms with E-state index in [1.807, 2.05) is 30.3 Å². The molecule has 0 aromatic heterocycles. The predicted octanol–water partition coefficient (Wildman–Crippen LogP) is 2.98.